The summed E-state index contributed by atoms with van der Waals surface area (Å²) in [6.07, 6.45) is 5.69. The summed E-state index contributed by atoms with van der Waals surface area (Å²) in [5.74, 6) is 0.712. The van der Waals surface area contributed by atoms with Crippen molar-refractivity contribution < 1.29 is 0 Å². The van der Waals surface area contributed by atoms with Gasteiger partial charge in [0.05, 0.1) is 5.69 Å². The molecule has 0 atom stereocenters. The zero-order valence-electron chi connectivity index (χ0n) is 11.8. The lowest BCUT2D eigenvalue weighted by Crippen LogP contribution is -1.89. The van der Waals surface area contributed by atoms with Crippen LogP contribution in [0.4, 0.5) is 11.4 Å². The smallest absolute Gasteiger partial charge is 0.234 e. The first kappa shape index (κ1) is 12.6. The van der Waals surface area contributed by atoms with Crippen LogP contribution in [-0.2, 0) is 0 Å². The molecule has 0 aliphatic rings. The van der Waals surface area contributed by atoms with Gasteiger partial charge in [-0.2, -0.15) is 0 Å². The fraction of sp³-hybridized carbons (Fsp3) is 0. The highest BCUT2D eigenvalue weighted by molar-refractivity contribution is 5.67. The van der Waals surface area contributed by atoms with Gasteiger partial charge in [-0.05, 0) is 30.3 Å². The van der Waals surface area contributed by atoms with E-state index in [1.165, 1.54) is 0 Å². The minimum atomic E-state index is 0.712. The molecular formula is C18H14N4. The lowest BCUT2D eigenvalue weighted by atomic mass is 10.1. The predicted molar refractivity (Wildman–Crippen MR) is 88.1 cm³/mol. The maximum atomic E-state index is 4.53. The Kier molecular flexibility index (Phi) is 3.05. The second-order valence-electron chi connectivity index (χ2n) is 5.02. The molecule has 0 unspecified atom stereocenters. The molecular weight excluding hydrogens is 272 g/mol. The van der Waals surface area contributed by atoms with Crippen LogP contribution in [0, 0.1) is 0 Å². The van der Waals surface area contributed by atoms with Crippen LogP contribution in [-0.4, -0.2) is 14.4 Å². The van der Waals surface area contributed by atoms with E-state index in [2.05, 4.69) is 39.6 Å². The van der Waals surface area contributed by atoms with E-state index in [0.717, 1.165) is 22.6 Å². The van der Waals surface area contributed by atoms with E-state index < -0.39 is 0 Å². The van der Waals surface area contributed by atoms with E-state index in [-0.39, 0.29) is 0 Å². The molecule has 1 N–H and O–H groups in total. The van der Waals surface area contributed by atoms with Crippen molar-refractivity contribution >= 4 is 17.2 Å². The number of hydrogen-bond acceptors (Lipinski definition) is 3. The maximum Gasteiger partial charge on any atom is 0.234 e. The van der Waals surface area contributed by atoms with Gasteiger partial charge in [-0.25, -0.2) is 9.97 Å². The maximum absolute atomic E-state index is 4.53. The van der Waals surface area contributed by atoms with Gasteiger partial charge in [0, 0.05) is 35.5 Å². The van der Waals surface area contributed by atoms with Gasteiger partial charge in [0.25, 0.3) is 0 Å². The lowest BCUT2D eigenvalue weighted by Gasteiger charge is -2.06. The first-order valence-corrected chi connectivity index (χ1v) is 7.11. The van der Waals surface area contributed by atoms with Crippen LogP contribution in [0.25, 0.3) is 17.0 Å². The van der Waals surface area contributed by atoms with Crippen molar-refractivity contribution in [2.75, 3.05) is 5.32 Å². The highest BCUT2D eigenvalue weighted by Gasteiger charge is 2.04. The van der Waals surface area contributed by atoms with Crippen LogP contribution in [0.15, 0.2) is 79.3 Å². The first-order valence-electron chi connectivity index (χ1n) is 7.11. The number of nitrogens with zero attached hydrogens (tertiary/aromatic N) is 3. The molecule has 4 rings (SSSR count). The monoisotopic (exact) mass is 286 g/mol. The average molecular weight is 286 g/mol. The number of hydrogen-bond donors (Lipinski definition) is 1. The molecule has 2 aromatic heterocycles. The molecule has 0 radical (unpaired) electrons. The first-order chi connectivity index (χ1) is 10.9. The Labute approximate surface area is 128 Å². The average Bonchev–Trinajstić information content (AvgIpc) is 3.00. The number of nitrogens with one attached hydrogen (secondary N) is 1. The van der Waals surface area contributed by atoms with Gasteiger partial charge in [-0.3, -0.25) is 4.40 Å². The summed E-state index contributed by atoms with van der Waals surface area (Å²) in [4.78, 5) is 8.77. The van der Waals surface area contributed by atoms with Crippen molar-refractivity contribution in [1.29, 1.82) is 0 Å². The normalized spacial score (nSPS) is 10.7. The van der Waals surface area contributed by atoms with Gasteiger partial charge in [0.15, 0.2) is 0 Å². The summed E-state index contributed by atoms with van der Waals surface area (Å²) >= 11 is 0. The van der Waals surface area contributed by atoms with Crippen molar-refractivity contribution in [3.63, 3.8) is 0 Å². The summed E-state index contributed by atoms with van der Waals surface area (Å²) in [5.41, 5.74) is 4.12. The predicted octanol–water partition coefficient (Wildman–Crippen LogP) is 4.14. The van der Waals surface area contributed by atoms with Crippen LogP contribution in [0.3, 0.4) is 0 Å². The SMILES string of the molecule is c1ccc(Nc2ccc(-c3cn4cccnc4n3)cc2)cc1. The van der Waals surface area contributed by atoms with Crippen molar-refractivity contribution in [2.24, 2.45) is 0 Å². The van der Waals surface area contributed by atoms with E-state index >= 15 is 0 Å². The van der Waals surface area contributed by atoms with Crippen LogP contribution < -0.4 is 5.32 Å². The molecule has 0 amide bonds. The Balaban J connectivity index is 1.61. The molecule has 4 nitrogen and oxygen atoms in total. The molecule has 0 saturated heterocycles. The standard InChI is InChI=1S/C18H14N4/c1-2-5-15(6-3-1)20-16-9-7-14(8-10-16)17-13-22-12-4-11-19-18(22)21-17/h1-13,20H. The zero-order chi connectivity index (χ0) is 14.8. The van der Waals surface area contributed by atoms with E-state index in [1.807, 2.05) is 53.2 Å². The summed E-state index contributed by atoms with van der Waals surface area (Å²) < 4.78 is 1.92. The van der Waals surface area contributed by atoms with Crippen LogP contribution in [0.5, 0.6) is 0 Å². The van der Waals surface area contributed by atoms with Gasteiger partial charge in [-0.1, -0.05) is 30.3 Å². The van der Waals surface area contributed by atoms with Gasteiger partial charge < -0.3 is 5.32 Å². The summed E-state index contributed by atoms with van der Waals surface area (Å²) in [6, 6.07) is 20.3. The molecule has 4 aromatic rings. The van der Waals surface area contributed by atoms with Crippen LogP contribution >= 0.6 is 0 Å². The second kappa shape index (κ2) is 5.33. The zero-order valence-corrected chi connectivity index (χ0v) is 11.8. The summed E-state index contributed by atoms with van der Waals surface area (Å²) in [6.45, 7) is 0. The van der Waals surface area contributed by atoms with E-state index in [4.69, 9.17) is 0 Å². The number of imidazole rings is 1. The van der Waals surface area contributed by atoms with Crippen molar-refractivity contribution in [2.45, 2.75) is 0 Å². The largest absolute Gasteiger partial charge is 0.356 e. The Morgan fingerprint density at radius 2 is 1.59 bits per heavy atom. The molecule has 106 valence electrons. The molecule has 0 fully saturated rings. The van der Waals surface area contributed by atoms with Gasteiger partial charge >= 0.3 is 0 Å². The minimum absolute atomic E-state index is 0.712. The third-order valence-corrected chi connectivity index (χ3v) is 3.48. The number of anilines is 2. The third kappa shape index (κ3) is 2.42. The summed E-state index contributed by atoms with van der Waals surface area (Å²) in [5, 5.41) is 3.37. The molecule has 0 aliphatic carbocycles. The number of rotatable bonds is 3. The van der Waals surface area contributed by atoms with E-state index in [9.17, 15) is 0 Å². The fourth-order valence-electron chi connectivity index (χ4n) is 2.38. The number of fused-ring (bicyclic) bond motifs is 1. The lowest BCUT2D eigenvalue weighted by molar-refractivity contribution is 1.11. The highest BCUT2D eigenvalue weighted by atomic mass is 15.1. The molecule has 2 aromatic carbocycles. The van der Waals surface area contributed by atoms with Gasteiger partial charge in [0.2, 0.25) is 5.78 Å². The molecule has 0 aliphatic heterocycles. The molecule has 0 saturated carbocycles. The van der Waals surface area contributed by atoms with Crippen LogP contribution in [0.2, 0.25) is 0 Å². The van der Waals surface area contributed by atoms with Crippen LogP contribution in [0.1, 0.15) is 0 Å². The molecule has 22 heavy (non-hydrogen) atoms. The Morgan fingerprint density at radius 3 is 2.36 bits per heavy atom. The topological polar surface area (TPSA) is 42.2 Å². The molecule has 4 heteroatoms. The molecule has 0 spiro atoms. The Hall–Kier alpha value is -3.14. The Bertz CT molecular complexity index is 862. The number of para-hydroxylation sites is 1. The fourth-order valence-corrected chi connectivity index (χ4v) is 2.38. The summed E-state index contributed by atoms with van der Waals surface area (Å²) in [7, 11) is 0. The number of aromatic nitrogens is 3. The van der Waals surface area contributed by atoms with E-state index in [0.29, 0.717) is 5.78 Å². The molecule has 2 heterocycles. The Morgan fingerprint density at radius 1 is 0.818 bits per heavy atom. The molecule has 0 bridgehead atoms. The van der Waals surface area contributed by atoms with Gasteiger partial charge in [0.1, 0.15) is 0 Å². The van der Waals surface area contributed by atoms with Crippen molar-refractivity contribution in [1.82, 2.24) is 14.4 Å². The third-order valence-electron chi connectivity index (χ3n) is 3.48. The highest BCUT2D eigenvalue weighted by Crippen LogP contribution is 2.22. The quantitative estimate of drug-likeness (QED) is 0.615. The van der Waals surface area contributed by atoms with Crippen molar-refractivity contribution in [3.8, 4) is 11.3 Å². The minimum Gasteiger partial charge on any atom is -0.356 e. The second-order valence-corrected chi connectivity index (χ2v) is 5.02. The van der Waals surface area contributed by atoms with E-state index in [1.54, 1.807) is 6.20 Å². The van der Waals surface area contributed by atoms with Gasteiger partial charge in [-0.15, -0.1) is 0 Å². The van der Waals surface area contributed by atoms with Crippen molar-refractivity contribution in [3.05, 3.63) is 79.3 Å². The number of benzene rings is 2.